The summed E-state index contributed by atoms with van der Waals surface area (Å²) in [6, 6.07) is 4.08. The molecule has 0 unspecified atom stereocenters. The summed E-state index contributed by atoms with van der Waals surface area (Å²) in [6.07, 6.45) is 5.92. The van der Waals surface area contributed by atoms with E-state index in [1.54, 1.807) is 0 Å². The van der Waals surface area contributed by atoms with Crippen molar-refractivity contribution in [2.24, 2.45) is 0 Å². The Hall–Kier alpha value is -2.77. The van der Waals surface area contributed by atoms with E-state index in [0.717, 1.165) is 61.5 Å². The highest BCUT2D eigenvalue weighted by Gasteiger charge is 2.26. The van der Waals surface area contributed by atoms with Crippen molar-refractivity contribution in [2.45, 2.75) is 52.6 Å². The molecule has 1 fully saturated rings. The Morgan fingerprint density at radius 3 is 2.48 bits per heavy atom. The van der Waals surface area contributed by atoms with E-state index in [0.29, 0.717) is 12.5 Å². The standard InChI is InChI=1S/C19H26N8/c1-4-27-18(13-26-12-9-20-15(26)3)23-24-19(27)16-7-10-25(11-8-16)17-6-5-14(2)21-22-17/h5-6,9,12,16H,4,7-8,10-11,13H2,1-3H3. The van der Waals surface area contributed by atoms with Crippen LogP contribution in [0.2, 0.25) is 0 Å². The van der Waals surface area contributed by atoms with Crippen LogP contribution in [-0.4, -0.2) is 47.6 Å². The number of nitrogens with zero attached hydrogens (tertiary/aromatic N) is 8. The van der Waals surface area contributed by atoms with Gasteiger partial charge in [0.25, 0.3) is 0 Å². The number of anilines is 1. The summed E-state index contributed by atoms with van der Waals surface area (Å²) in [7, 11) is 0. The van der Waals surface area contributed by atoms with Crippen LogP contribution < -0.4 is 4.90 Å². The fourth-order valence-electron chi connectivity index (χ4n) is 3.76. The molecule has 8 heteroatoms. The van der Waals surface area contributed by atoms with Crippen molar-refractivity contribution in [1.29, 1.82) is 0 Å². The molecule has 0 atom stereocenters. The molecule has 8 nitrogen and oxygen atoms in total. The van der Waals surface area contributed by atoms with Crippen molar-refractivity contribution in [3.8, 4) is 0 Å². The molecule has 1 aliphatic heterocycles. The Labute approximate surface area is 159 Å². The molecule has 3 aromatic rings. The van der Waals surface area contributed by atoms with E-state index in [9.17, 15) is 0 Å². The first-order chi connectivity index (χ1) is 13.2. The van der Waals surface area contributed by atoms with Crippen molar-refractivity contribution in [3.05, 3.63) is 47.7 Å². The minimum Gasteiger partial charge on any atom is -0.355 e. The lowest BCUT2D eigenvalue weighted by molar-refractivity contribution is 0.461. The van der Waals surface area contributed by atoms with Gasteiger partial charge in [0.05, 0.1) is 12.2 Å². The van der Waals surface area contributed by atoms with Crippen LogP contribution in [0.4, 0.5) is 5.82 Å². The zero-order valence-electron chi connectivity index (χ0n) is 16.2. The summed E-state index contributed by atoms with van der Waals surface area (Å²) in [5.41, 5.74) is 0.949. The Balaban J connectivity index is 1.46. The number of imidazole rings is 1. The van der Waals surface area contributed by atoms with Crippen LogP contribution >= 0.6 is 0 Å². The smallest absolute Gasteiger partial charge is 0.153 e. The molecule has 0 saturated carbocycles. The Bertz CT molecular complexity index is 887. The third-order valence-electron chi connectivity index (χ3n) is 5.38. The van der Waals surface area contributed by atoms with Gasteiger partial charge in [0.15, 0.2) is 11.6 Å². The van der Waals surface area contributed by atoms with Crippen molar-refractivity contribution >= 4 is 5.82 Å². The summed E-state index contributed by atoms with van der Waals surface area (Å²) in [5.74, 6) is 4.51. The third kappa shape index (κ3) is 3.56. The van der Waals surface area contributed by atoms with E-state index < -0.39 is 0 Å². The lowest BCUT2D eigenvalue weighted by atomic mass is 9.96. The van der Waals surface area contributed by atoms with Gasteiger partial charge < -0.3 is 14.0 Å². The highest BCUT2D eigenvalue weighted by atomic mass is 15.3. The van der Waals surface area contributed by atoms with Gasteiger partial charge in [-0.15, -0.1) is 15.3 Å². The van der Waals surface area contributed by atoms with E-state index in [1.165, 1.54) is 0 Å². The van der Waals surface area contributed by atoms with Gasteiger partial charge in [0.2, 0.25) is 0 Å². The Morgan fingerprint density at radius 1 is 1.04 bits per heavy atom. The monoisotopic (exact) mass is 366 g/mol. The molecule has 3 aromatic heterocycles. The summed E-state index contributed by atoms with van der Waals surface area (Å²) in [6.45, 7) is 9.66. The number of piperidine rings is 1. The van der Waals surface area contributed by atoms with E-state index in [2.05, 4.69) is 52.4 Å². The SMILES string of the molecule is CCn1c(Cn2ccnc2C)nnc1C1CCN(c2ccc(C)nn2)CC1. The van der Waals surface area contributed by atoms with Crippen LogP contribution in [0.25, 0.3) is 0 Å². The zero-order chi connectivity index (χ0) is 18.8. The first-order valence-corrected chi connectivity index (χ1v) is 9.60. The minimum absolute atomic E-state index is 0.435. The molecular formula is C19H26N8. The van der Waals surface area contributed by atoms with Gasteiger partial charge in [0, 0.05) is 37.9 Å². The maximum absolute atomic E-state index is 4.56. The molecule has 4 rings (SSSR count). The number of aryl methyl sites for hydroxylation is 2. The van der Waals surface area contributed by atoms with Crippen LogP contribution in [0, 0.1) is 13.8 Å². The predicted molar refractivity (Wildman–Crippen MR) is 103 cm³/mol. The minimum atomic E-state index is 0.435. The molecule has 0 amide bonds. The summed E-state index contributed by atoms with van der Waals surface area (Å²) < 4.78 is 4.38. The maximum Gasteiger partial charge on any atom is 0.153 e. The van der Waals surface area contributed by atoms with Crippen molar-refractivity contribution in [1.82, 2.24) is 34.5 Å². The average Bonchev–Trinajstić information content (AvgIpc) is 3.29. The first-order valence-electron chi connectivity index (χ1n) is 9.60. The van der Waals surface area contributed by atoms with Crippen LogP contribution in [0.1, 0.15) is 48.9 Å². The van der Waals surface area contributed by atoms with Gasteiger partial charge in [-0.2, -0.15) is 5.10 Å². The summed E-state index contributed by atoms with van der Waals surface area (Å²) >= 11 is 0. The average molecular weight is 366 g/mol. The topological polar surface area (TPSA) is 77.5 Å². The highest BCUT2D eigenvalue weighted by molar-refractivity contribution is 5.38. The van der Waals surface area contributed by atoms with Gasteiger partial charge in [-0.05, 0) is 45.7 Å². The molecule has 0 bridgehead atoms. The second kappa shape index (κ2) is 7.46. The van der Waals surface area contributed by atoms with Crippen LogP contribution in [0.5, 0.6) is 0 Å². The molecule has 1 aliphatic rings. The molecule has 0 spiro atoms. The highest BCUT2D eigenvalue weighted by Crippen LogP contribution is 2.29. The molecule has 142 valence electrons. The molecule has 0 aliphatic carbocycles. The second-order valence-electron chi connectivity index (χ2n) is 7.12. The van der Waals surface area contributed by atoms with E-state index in [1.807, 2.05) is 32.3 Å². The number of hydrogen-bond acceptors (Lipinski definition) is 6. The molecule has 0 aromatic carbocycles. The normalized spacial score (nSPS) is 15.4. The molecule has 0 N–H and O–H groups in total. The van der Waals surface area contributed by atoms with E-state index in [4.69, 9.17) is 0 Å². The quantitative estimate of drug-likeness (QED) is 0.690. The zero-order valence-corrected chi connectivity index (χ0v) is 16.2. The Kier molecular flexibility index (Phi) is 4.87. The summed E-state index contributed by atoms with van der Waals surface area (Å²) in [4.78, 5) is 6.61. The van der Waals surface area contributed by atoms with Crippen molar-refractivity contribution < 1.29 is 0 Å². The second-order valence-corrected chi connectivity index (χ2v) is 7.12. The van der Waals surface area contributed by atoms with Crippen LogP contribution in [0.3, 0.4) is 0 Å². The molecular weight excluding hydrogens is 340 g/mol. The molecule has 0 radical (unpaired) electrons. The van der Waals surface area contributed by atoms with E-state index in [-0.39, 0.29) is 0 Å². The van der Waals surface area contributed by atoms with Crippen LogP contribution in [-0.2, 0) is 13.1 Å². The van der Waals surface area contributed by atoms with Gasteiger partial charge in [-0.3, -0.25) is 0 Å². The van der Waals surface area contributed by atoms with Crippen molar-refractivity contribution in [3.63, 3.8) is 0 Å². The van der Waals surface area contributed by atoms with Gasteiger partial charge in [0.1, 0.15) is 11.6 Å². The van der Waals surface area contributed by atoms with Gasteiger partial charge >= 0.3 is 0 Å². The largest absolute Gasteiger partial charge is 0.355 e. The van der Waals surface area contributed by atoms with Gasteiger partial charge in [-0.25, -0.2) is 4.98 Å². The number of aromatic nitrogens is 7. The first kappa shape index (κ1) is 17.6. The maximum atomic E-state index is 4.56. The summed E-state index contributed by atoms with van der Waals surface area (Å²) in [5, 5.41) is 17.6. The lowest BCUT2D eigenvalue weighted by Gasteiger charge is -2.32. The fourth-order valence-corrected chi connectivity index (χ4v) is 3.76. The lowest BCUT2D eigenvalue weighted by Crippen LogP contribution is -2.34. The van der Waals surface area contributed by atoms with Gasteiger partial charge in [-0.1, -0.05) is 0 Å². The predicted octanol–water partition coefficient (Wildman–Crippen LogP) is 2.33. The van der Waals surface area contributed by atoms with E-state index >= 15 is 0 Å². The molecule has 1 saturated heterocycles. The number of hydrogen-bond donors (Lipinski definition) is 0. The van der Waals surface area contributed by atoms with Crippen LogP contribution in [0.15, 0.2) is 24.5 Å². The number of rotatable bonds is 5. The Morgan fingerprint density at radius 2 is 1.85 bits per heavy atom. The van der Waals surface area contributed by atoms with Crippen molar-refractivity contribution in [2.75, 3.05) is 18.0 Å². The third-order valence-corrected chi connectivity index (χ3v) is 5.38. The molecule has 27 heavy (non-hydrogen) atoms. The fraction of sp³-hybridized carbons (Fsp3) is 0.526. The molecule has 4 heterocycles.